The Morgan fingerprint density at radius 3 is 2.36 bits per heavy atom. The van der Waals surface area contributed by atoms with Crippen LogP contribution >= 0.6 is 11.6 Å². The normalized spacial score (nSPS) is 10.0. The maximum absolute atomic E-state index is 11.9. The van der Waals surface area contributed by atoms with Crippen LogP contribution in [0.4, 0.5) is 5.69 Å². The molecule has 0 aromatic heterocycles. The number of amides is 2. The standard InChI is InChI=1S/C15H21ClN2O4/c1-5-6-17-15(20)9-18(10(2)19)12-8-13(21-3)11(16)7-14(12)22-4/h7-8H,5-6,9H2,1-4H3,(H,17,20). The molecule has 0 radical (unpaired) electrons. The van der Waals surface area contributed by atoms with E-state index in [2.05, 4.69) is 5.32 Å². The molecule has 0 aliphatic heterocycles. The molecule has 0 unspecified atom stereocenters. The van der Waals surface area contributed by atoms with Gasteiger partial charge in [-0.1, -0.05) is 18.5 Å². The Labute approximate surface area is 135 Å². The topological polar surface area (TPSA) is 67.9 Å². The van der Waals surface area contributed by atoms with Crippen molar-refractivity contribution in [1.82, 2.24) is 5.32 Å². The summed E-state index contributed by atoms with van der Waals surface area (Å²) in [5.41, 5.74) is 0.433. The number of hydrogen-bond donors (Lipinski definition) is 1. The Hall–Kier alpha value is -1.95. The summed E-state index contributed by atoms with van der Waals surface area (Å²) >= 11 is 6.05. The van der Waals surface area contributed by atoms with E-state index in [0.29, 0.717) is 28.8 Å². The molecule has 2 amide bonds. The molecule has 0 aliphatic carbocycles. The van der Waals surface area contributed by atoms with Crippen LogP contribution in [0.15, 0.2) is 12.1 Å². The molecule has 0 bridgehead atoms. The van der Waals surface area contributed by atoms with E-state index in [4.69, 9.17) is 21.1 Å². The van der Waals surface area contributed by atoms with Crippen molar-refractivity contribution in [2.45, 2.75) is 20.3 Å². The Balaban J connectivity index is 3.14. The third-order valence-corrected chi connectivity index (χ3v) is 3.29. The highest BCUT2D eigenvalue weighted by Crippen LogP contribution is 2.38. The van der Waals surface area contributed by atoms with Gasteiger partial charge in [0.05, 0.1) is 24.9 Å². The van der Waals surface area contributed by atoms with Gasteiger partial charge in [0.2, 0.25) is 11.8 Å². The first-order valence-corrected chi connectivity index (χ1v) is 7.28. The summed E-state index contributed by atoms with van der Waals surface area (Å²) in [5.74, 6) is 0.268. The number of anilines is 1. The number of nitrogens with one attached hydrogen (secondary N) is 1. The van der Waals surface area contributed by atoms with Gasteiger partial charge in [-0.15, -0.1) is 0 Å². The Bertz CT molecular complexity index is 549. The molecular weight excluding hydrogens is 308 g/mol. The van der Waals surface area contributed by atoms with Gasteiger partial charge in [-0.05, 0) is 6.42 Å². The van der Waals surface area contributed by atoms with Gasteiger partial charge in [0.1, 0.15) is 18.0 Å². The number of methoxy groups -OCH3 is 2. The number of rotatable bonds is 7. The fourth-order valence-electron chi connectivity index (χ4n) is 1.89. The number of benzene rings is 1. The predicted molar refractivity (Wildman–Crippen MR) is 85.9 cm³/mol. The molecule has 0 spiro atoms. The minimum absolute atomic E-state index is 0.101. The first-order valence-electron chi connectivity index (χ1n) is 6.90. The summed E-state index contributed by atoms with van der Waals surface area (Å²) in [5, 5.41) is 3.10. The van der Waals surface area contributed by atoms with Crippen LogP contribution in [0.1, 0.15) is 20.3 Å². The average molecular weight is 329 g/mol. The van der Waals surface area contributed by atoms with E-state index >= 15 is 0 Å². The lowest BCUT2D eigenvalue weighted by atomic mass is 10.2. The lowest BCUT2D eigenvalue weighted by Gasteiger charge is -2.23. The van der Waals surface area contributed by atoms with E-state index in [1.54, 1.807) is 12.1 Å². The zero-order valence-electron chi connectivity index (χ0n) is 13.2. The monoisotopic (exact) mass is 328 g/mol. The third kappa shape index (κ3) is 4.53. The smallest absolute Gasteiger partial charge is 0.240 e. The Morgan fingerprint density at radius 1 is 1.23 bits per heavy atom. The Kier molecular flexibility index (Phi) is 6.98. The van der Waals surface area contributed by atoms with Gasteiger partial charge in [-0.2, -0.15) is 0 Å². The molecule has 22 heavy (non-hydrogen) atoms. The number of carbonyl (C=O) groups is 2. The summed E-state index contributed by atoms with van der Waals surface area (Å²) in [4.78, 5) is 25.2. The maximum atomic E-state index is 11.9. The van der Waals surface area contributed by atoms with Crippen LogP contribution in [0.25, 0.3) is 0 Å². The van der Waals surface area contributed by atoms with E-state index in [1.807, 2.05) is 6.92 Å². The number of nitrogens with zero attached hydrogens (tertiary/aromatic N) is 1. The highest BCUT2D eigenvalue weighted by atomic mass is 35.5. The van der Waals surface area contributed by atoms with E-state index in [1.165, 1.54) is 26.0 Å². The van der Waals surface area contributed by atoms with Gasteiger partial charge in [-0.25, -0.2) is 0 Å². The zero-order chi connectivity index (χ0) is 16.7. The second kappa shape index (κ2) is 8.48. The van der Waals surface area contributed by atoms with Crippen molar-refractivity contribution >= 4 is 29.1 Å². The first kappa shape index (κ1) is 18.1. The van der Waals surface area contributed by atoms with Crippen LogP contribution in [0.5, 0.6) is 11.5 Å². The predicted octanol–water partition coefficient (Wildman–Crippen LogP) is 2.24. The van der Waals surface area contributed by atoms with Gasteiger partial charge in [0.25, 0.3) is 0 Å². The quantitative estimate of drug-likeness (QED) is 0.833. The van der Waals surface area contributed by atoms with Crippen LogP contribution in [-0.4, -0.2) is 39.1 Å². The van der Waals surface area contributed by atoms with Crippen molar-refractivity contribution in [3.8, 4) is 11.5 Å². The number of ether oxygens (including phenoxy) is 2. The summed E-state index contributed by atoms with van der Waals surface area (Å²) in [6, 6.07) is 3.13. The highest BCUT2D eigenvalue weighted by Gasteiger charge is 2.21. The minimum Gasteiger partial charge on any atom is -0.495 e. The van der Waals surface area contributed by atoms with Crippen LogP contribution in [0.2, 0.25) is 5.02 Å². The molecular formula is C15H21ClN2O4. The molecule has 0 fully saturated rings. The molecule has 1 aromatic rings. The molecule has 0 saturated carbocycles. The average Bonchev–Trinajstić information content (AvgIpc) is 2.50. The number of hydrogen-bond acceptors (Lipinski definition) is 4. The number of carbonyl (C=O) groups excluding carboxylic acids is 2. The summed E-state index contributed by atoms with van der Waals surface area (Å²) in [6.45, 7) is 3.80. The highest BCUT2D eigenvalue weighted by molar-refractivity contribution is 6.32. The van der Waals surface area contributed by atoms with Gasteiger partial charge in [-0.3, -0.25) is 14.5 Å². The largest absolute Gasteiger partial charge is 0.495 e. The molecule has 122 valence electrons. The second-order valence-corrected chi connectivity index (χ2v) is 5.02. The third-order valence-electron chi connectivity index (χ3n) is 3.00. The van der Waals surface area contributed by atoms with Gasteiger partial charge in [0.15, 0.2) is 0 Å². The minimum atomic E-state index is -0.283. The fourth-order valence-corrected chi connectivity index (χ4v) is 2.12. The van der Waals surface area contributed by atoms with Crippen molar-refractivity contribution in [3.05, 3.63) is 17.2 Å². The van der Waals surface area contributed by atoms with Crippen molar-refractivity contribution in [2.24, 2.45) is 0 Å². The number of halogens is 1. The maximum Gasteiger partial charge on any atom is 0.240 e. The molecule has 0 aliphatic rings. The van der Waals surface area contributed by atoms with E-state index in [9.17, 15) is 9.59 Å². The lowest BCUT2D eigenvalue weighted by Crippen LogP contribution is -2.40. The van der Waals surface area contributed by atoms with E-state index < -0.39 is 0 Å². The summed E-state index contributed by atoms with van der Waals surface area (Å²) in [7, 11) is 2.95. The fraction of sp³-hybridized carbons (Fsp3) is 0.467. The molecule has 1 N–H and O–H groups in total. The first-order chi connectivity index (χ1) is 10.4. The Morgan fingerprint density at radius 2 is 1.86 bits per heavy atom. The van der Waals surface area contributed by atoms with Gasteiger partial charge >= 0.3 is 0 Å². The van der Waals surface area contributed by atoms with E-state index in [0.717, 1.165) is 6.42 Å². The molecule has 7 heteroatoms. The molecule has 0 heterocycles. The van der Waals surface area contributed by atoms with Gasteiger partial charge < -0.3 is 14.8 Å². The SMILES string of the molecule is CCCNC(=O)CN(C(C)=O)c1cc(OC)c(Cl)cc1OC. The molecule has 1 rings (SSSR count). The van der Waals surface area contributed by atoms with Crippen LogP contribution in [0, 0.1) is 0 Å². The van der Waals surface area contributed by atoms with Crippen LogP contribution in [-0.2, 0) is 9.59 Å². The zero-order valence-corrected chi connectivity index (χ0v) is 14.0. The van der Waals surface area contributed by atoms with E-state index in [-0.39, 0.29) is 18.4 Å². The van der Waals surface area contributed by atoms with Crippen LogP contribution in [0.3, 0.4) is 0 Å². The summed E-state index contributed by atoms with van der Waals surface area (Å²) < 4.78 is 10.4. The second-order valence-electron chi connectivity index (χ2n) is 4.61. The van der Waals surface area contributed by atoms with Gasteiger partial charge in [0, 0.05) is 25.6 Å². The molecule has 1 aromatic carbocycles. The van der Waals surface area contributed by atoms with Crippen molar-refractivity contribution in [2.75, 3.05) is 32.2 Å². The molecule has 0 saturated heterocycles. The molecule has 6 nitrogen and oxygen atoms in total. The lowest BCUT2D eigenvalue weighted by molar-refractivity contribution is -0.123. The van der Waals surface area contributed by atoms with Crippen molar-refractivity contribution < 1.29 is 19.1 Å². The van der Waals surface area contributed by atoms with Crippen molar-refractivity contribution in [3.63, 3.8) is 0 Å². The van der Waals surface area contributed by atoms with Crippen LogP contribution < -0.4 is 19.7 Å². The summed E-state index contributed by atoms with van der Waals surface area (Å²) in [6.07, 6.45) is 0.823. The molecule has 0 atom stereocenters. The van der Waals surface area contributed by atoms with Crippen molar-refractivity contribution in [1.29, 1.82) is 0 Å².